The first-order chi connectivity index (χ1) is 13.0. The molecule has 0 unspecified atom stereocenters. The zero-order valence-electron chi connectivity index (χ0n) is 15.2. The summed E-state index contributed by atoms with van der Waals surface area (Å²) < 4.78 is 37.8. The molecule has 0 saturated carbocycles. The molecule has 0 spiro atoms. The maximum Gasteiger partial charge on any atom is 0.252 e. The fourth-order valence-electron chi connectivity index (χ4n) is 3.15. The summed E-state index contributed by atoms with van der Waals surface area (Å²) >= 11 is 1.20. The Hall–Kier alpha value is -2.10. The van der Waals surface area contributed by atoms with Crippen molar-refractivity contribution in [2.24, 2.45) is 0 Å². The molecular formula is C18H22N2O5S2. The van der Waals surface area contributed by atoms with Gasteiger partial charge in [-0.15, -0.1) is 11.3 Å². The number of amides is 1. The topological polar surface area (TPSA) is 84.9 Å². The highest BCUT2D eigenvalue weighted by Gasteiger charge is 2.35. The van der Waals surface area contributed by atoms with Crippen molar-refractivity contribution < 1.29 is 22.7 Å². The van der Waals surface area contributed by atoms with Crippen molar-refractivity contribution in [3.8, 4) is 11.5 Å². The molecule has 0 radical (unpaired) electrons. The number of methoxy groups -OCH3 is 2. The number of carbonyl (C=O) groups excluding carboxylic acids is 1. The van der Waals surface area contributed by atoms with E-state index in [1.807, 2.05) is 0 Å². The smallest absolute Gasteiger partial charge is 0.252 e. The van der Waals surface area contributed by atoms with Gasteiger partial charge in [0.1, 0.15) is 4.21 Å². The number of rotatable bonds is 7. The lowest BCUT2D eigenvalue weighted by atomic mass is 10.1. The number of thiophene rings is 1. The lowest BCUT2D eigenvalue weighted by Gasteiger charge is -2.23. The van der Waals surface area contributed by atoms with Crippen LogP contribution in [0.4, 0.5) is 0 Å². The molecule has 1 N–H and O–H groups in total. The maximum absolute atomic E-state index is 12.8. The van der Waals surface area contributed by atoms with E-state index in [0.717, 1.165) is 12.8 Å². The molecule has 1 aromatic carbocycles. The predicted molar refractivity (Wildman–Crippen MR) is 103 cm³/mol. The van der Waals surface area contributed by atoms with Gasteiger partial charge in [-0.3, -0.25) is 4.79 Å². The molecule has 1 atom stereocenters. The number of hydrogen-bond acceptors (Lipinski definition) is 6. The van der Waals surface area contributed by atoms with Crippen molar-refractivity contribution in [1.29, 1.82) is 0 Å². The number of ether oxygens (including phenoxy) is 2. The summed E-state index contributed by atoms with van der Waals surface area (Å²) in [5.41, 5.74) is 0.429. The minimum absolute atomic E-state index is 0.249. The summed E-state index contributed by atoms with van der Waals surface area (Å²) in [6.45, 7) is 0.731. The van der Waals surface area contributed by atoms with Crippen LogP contribution in [0, 0.1) is 0 Å². The van der Waals surface area contributed by atoms with Crippen LogP contribution in [0.5, 0.6) is 11.5 Å². The number of benzene rings is 1. The molecule has 1 aliphatic rings. The molecular weight excluding hydrogens is 388 g/mol. The zero-order valence-corrected chi connectivity index (χ0v) is 16.8. The maximum atomic E-state index is 12.8. The molecule has 3 rings (SSSR count). The van der Waals surface area contributed by atoms with Crippen LogP contribution in [0.15, 0.2) is 39.9 Å². The van der Waals surface area contributed by atoms with Crippen molar-refractivity contribution in [2.75, 3.05) is 27.3 Å². The van der Waals surface area contributed by atoms with Gasteiger partial charge in [0.05, 0.1) is 14.2 Å². The van der Waals surface area contributed by atoms with Gasteiger partial charge < -0.3 is 14.8 Å². The third kappa shape index (κ3) is 4.10. The number of hydrogen-bond donors (Lipinski definition) is 1. The number of carbonyl (C=O) groups is 1. The largest absolute Gasteiger partial charge is 0.493 e. The first-order valence-electron chi connectivity index (χ1n) is 8.53. The summed E-state index contributed by atoms with van der Waals surface area (Å²) in [6.07, 6.45) is 1.50. The molecule has 1 saturated heterocycles. The third-order valence-electron chi connectivity index (χ3n) is 4.53. The normalized spacial score (nSPS) is 17.6. The van der Waals surface area contributed by atoms with Gasteiger partial charge >= 0.3 is 0 Å². The molecule has 1 fully saturated rings. The van der Waals surface area contributed by atoms with E-state index in [1.165, 1.54) is 29.9 Å². The molecule has 1 amide bonds. The molecule has 146 valence electrons. The van der Waals surface area contributed by atoms with Crippen LogP contribution in [0.25, 0.3) is 0 Å². The SMILES string of the molecule is COc1ccc(C(=O)NC[C@H]2CCCN2S(=O)(=O)c2cccs2)cc1OC. The molecule has 0 bridgehead atoms. The second-order valence-corrected chi connectivity index (χ2v) is 9.19. The van der Waals surface area contributed by atoms with Crippen LogP contribution in [-0.4, -0.2) is 52.0 Å². The lowest BCUT2D eigenvalue weighted by molar-refractivity contribution is 0.0946. The summed E-state index contributed by atoms with van der Waals surface area (Å²) in [4.78, 5) is 12.5. The van der Waals surface area contributed by atoms with Crippen LogP contribution in [0.2, 0.25) is 0 Å². The van der Waals surface area contributed by atoms with Crippen LogP contribution in [0.1, 0.15) is 23.2 Å². The van der Waals surface area contributed by atoms with Crippen molar-refractivity contribution in [3.63, 3.8) is 0 Å². The van der Waals surface area contributed by atoms with E-state index in [4.69, 9.17) is 9.47 Å². The Morgan fingerprint density at radius 3 is 2.70 bits per heavy atom. The summed E-state index contributed by atoms with van der Waals surface area (Å²) in [5.74, 6) is 0.724. The van der Waals surface area contributed by atoms with Gasteiger partial charge in [0.15, 0.2) is 11.5 Å². The first-order valence-corrected chi connectivity index (χ1v) is 10.8. The second-order valence-electron chi connectivity index (χ2n) is 6.12. The first kappa shape index (κ1) is 19.7. The van der Waals surface area contributed by atoms with Crippen molar-refractivity contribution >= 4 is 27.3 Å². The van der Waals surface area contributed by atoms with E-state index < -0.39 is 10.0 Å². The number of nitrogens with zero attached hydrogens (tertiary/aromatic N) is 1. The molecule has 27 heavy (non-hydrogen) atoms. The molecule has 2 aromatic rings. The van der Waals surface area contributed by atoms with Crippen molar-refractivity contribution in [3.05, 3.63) is 41.3 Å². The van der Waals surface area contributed by atoms with E-state index >= 15 is 0 Å². The molecule has 0 aliphatic carbocycles. The standard InChI is InChI=1S/C18H22N2O5S2/c1-24-15-8-7-13(11-16(15)25-2)18(21)19-12-14-5-3-9-20(14)27(22,23)17-6-4-10-26-17/h4,6-8,10-11,14H,3,5,9,12H2,1-2H3,(H,19,21)/t14-/m1/s1. The predicted octanol–water partition coefficient (Wildman–Crippen LogP) is 2.35. The van der Waals surface area contributed by atoms with E-state index in [0.29, 0.717) is 27.8 Å². The highest BCUT2D eigenvalue weighted by atomic mass is 32.2. The van der Waals surface area contributed by atoms with Gasteiger partial charge in [-0.05, 0) is 42.5 Å². The van der Waals surface area contributed by atoms with Crippen molar-refractivity contribution in [2.45, 2.75) is 23.1 Å². The van der Waals surface area contributed by atoms with Gasteiger partial charge in [-0.25, -0.2) is 8.42 Å². The Bertz CT molecular complexity index is 896. The van der Waals surface area contributed by atoms with E-state index in [1.54, 1.807) is 35.7 Å². The highest BCUT2D eigenvalue weighted by Crippen LogP contribution is 2.29. The fourth-order valence-corrected chi connectivity index (χ4v) is 5.96. The van der Waals surface area contributed by atoms with Crippen LogP contribution in [-0.2, 0) is 10.0 Å². The fraction of sp³-hybridized carbons (Fsp3) is 0.389. The van der Waals surface area contributed by atoms with Gasteiger partial charge in [0.2, 0.25) is 0 Å². The van der Waals surface area contributed by atoms with Crippen molar-refractivity contribution in [1.82, 2.24) is 9.62 Å². The molecule has 1 aliphatic heterocycles. The molecule has 7 nitrogen and oxygen atoms in total. The van der Waals surface area contributed by atoms with Gasteiger partial charge in [-0.1, -0.05) is 6.07 Å². The number of nitrogens with one attached hydrogen (secondary N) is 1. The molecule has 2 heterocycles. The quantitative estimate of drug-likeness (QED) is 0.757. The summed E-state index contributed by atoms with van der Waals surface area (Å²) in [5, 5.41) is 4.59. The Morgan fingerprint density at radius 2 is 2.04 bits per heavy atom. The third-order valence-corrected chi connectivity index (χ3v) is 7.85. The average Bonchev–Trinajstić information content (AvgIpc) is 3.37. The lowest BCUT2D eigenvalue weighted by Crippen LogP contribution is -2.42. The Labute approximate surface area is 163 Å². The minimum atomic E-state index is -3.51. The Kier molecular flexibility index (Phi) is 6.03. The Morgan fingerprint density at radius 1 is 1.26 bits per heavy atom. The van der Waals surface area contributed by atoms with Crippen LogP contribution >= 0.6 is 11.3 Å². The van der Waals surface area contributed by atoms with E-state index in [9.17, 15) is 13.2 Å². The zero-order chi connectivity index (χ0) is 19.4. The second kappa shape index (κ2) is 8.28. The summed E-state index contributed by atoms with van der Waals surface area (Å²) in [6, 6.07) is 7.99. The molecule has 1 aromatic heterocycles. The van der Waals surface area contributed by atoms with Gasteiger partial charge in [0.25, 0.3) is 15.9 Å². The van der Waals surface area contributed by atoms with E-state index in [-0.39, 0.29) is 18.5 Å². The Balaban J connectivity index is 1.68. The van der Waals surface area contributed by atoms with Crippen LogP contribution < -0.4 is 14.8 Å². The van der Waals surface area contributed by atoms with E-state index in [2.05, 4.69) is 5.32 Å². The van der Waals surface area contributed by atoms with Gasteiger partial charge in [-0.2, -0.15) is 4.31 Å². The number of sulfonamides is 1. The summed E-state index contributed by atoms with van der Waals surface area (Å²) in [7, 11) is -0.479. The average molecular weight is 411 g/mol. The highest BCUT2D eigenvalue weighted by molar-refractivity contribution is 7.91. The minimum Gasteiger partial charge on any atom is -0.493 e. The monoisotopic (exact) mass is 410 g/mol. The molecule has 9 heteroatoms. The van der Waals surface area contributed by atoms with Crippen LogP contribution in [0.3, 0.4) is 0 Å². The van der Waals surface area contributed by atoms with Gasteiger partial charge in [0, 0.05) is 24.7 Å².